The molecule has 0 bridgehead atoms. The lowest BCUT2D eigenvalue weighted by Gasteiger charge is -2.50. The Labute approximate surface area is 225 Å². The SMILES string of the molecule is CC[C@H]1CN([C@H]2CCCCc3cc(C(F)(F)F)ccc32)[C@H](CC)CN1c1nc(=O)n(C)c2ccc(C#N)nc12. The summed E-state index contributed by atoms with van der Waals surface area (Å²) in [6, 6.07) is 9.83. The second kappa shape index (κ2) is 10.6. The number of pyridine rings is 1. The van der Waals surface area contributed by atoms with E-state index >= 15 is 0 Å². The van der Waals surface area contributed by atoms with E-state index in [1.54, 1.807) is 25.2 Å². The molecular formula is C29H33F3N6O. The summed E-state index contributed by atoms with van der Waals surface area (Å²) >= 11 is 0. The zero-order valence-electron chi connectivity index (χ0n) is 22.5. The average molecular weight is 539 g/mol. The standard InChI is InChI=1S/C29H33F3N6O/c1-4-21-17-38(27-26-25(36(3)28(39)35-27)13-11-20(15-33)34-26)22(5-2)16-37(21)24-9-7-6-8-18-14-19(29(30,31)32)10-12-23(18)24/h10-14,21-22,24H,4-9,16-17H2,1-3H3/t21-,22+,24+/m1/s1. The number of fused-ring (bicyclic) bond motifs is 2. The molecule has 1 aliphatic heterocycles. The number of hydrogen-bond acceptors (Lipinski definition) is 6. The number of nitriles is 1. The topological polar surface area (TPSA) is 78.0 Å². The predicted molar refractivity (Wildman–Crippen MR) is 143 cm³/mol. The molecule has 206 valence electrons. The number of anilines is 1. The van der Waals surface area contributed by atoms with Crippen molar-refractivity contribution >= 4 is 16.9 Å². The van der Waals surface area contributed by atoms with Gasteiger partial charge in [0, 0.05) is 38.3 Å². The van der Waals surface area contributed by atoms with Crippen molar-refractivity contribution in [2.75, 3.05) is 18.0 Å². The second-order valence-corrected chi connectivity index (χ2v) is 10.6. The van der Waals surface area contributed by atoms with Gasteiger partial charge in [0.2, 0.25) is 0 Å². The number of piperazine rings is 1. The van der Waals surface area contributed by atoms with Crippen LogP contribution < -0.4 is 10.6 Å². The summed E-state index contributed by atoms with van der Waals surface area (Å²) < 4.78 is 41.9. The molecule has 1 saturated heterocycles. The van der Waals surface area contributed by atoms with Gasteiger partial charge in [-0.05, 0) is 67.5 Å². The first-order valence-electron chi connectivity index (χ1n) is 13.7. The van der Waals surface area contributed by atoms with Gasteiger partial charge in [-0.25, -0.2) is 9.78 Å². The average Bonchev–Trinajstić information content (AvgIpc) is 3.15. The third kappa shape index (κ3) is 5.00. The van der Waals surface area contributed by atoms with Crippen molar-refractivity contribution in [2.24, 2.45) is 7.05 Å². The summed E-state index contributed by atoms with van der Waals surface area (Å²) in [4.78, 5) is 26.4. The van der Waals surface area contributed by atoms with Crippen LogP contribution in [-0.4, -0.2) is 44.6 Å². The number of benzene rings is 1. The molecule has 0 N–H and O–H groups in total. The fourth-order valence-electron chi connectivity index (χ4n) is 6.27. The zero-order valence-corrected chi connectivity index (χ0v) is 22.5. The molecule has 1 fully saturated rings. The molecule has 0 unspecified atom stereocenters. The molecule has 5 rings (SSSR count). The molecule has 0 saturated carbocycles. The Morgan fingerprint density at radius 1 is 1.05 bits per heavy atom. The first-order valence-corrected chi connectivity index (χ1v) is 13.7. The van der Waals surface area contributed by atoms with Gasteiger partial charge in [-0.3, -0.25) is 9.47 Å². The van der Waals surface area contributed by atoms with Gasteiger partial charge in [0.25, 0.3) is 0 Å². The van der Waals surface area contributed by atoms with E-state index in [0.29, 0.717) is 36.4 Å². The lowest BCUT2D eigenvalue weighted by atomic mass is 9.91. The van der Waals surface area contributed by atoms with Gasteiger partial charge in [-0.2, -0.15) is 23.4 Å². The van der Waals surface area contributed by atoms with Crippen molar-refractivity contribution < 1.29 is 13.2 Å². The number of nitrogens with zero attached hydrogens (tertiary/aromatic N) is 6. The van der Waals surface area contributed by atoms with Crippen molar-refractivity contribution in [3.05, 3.63) is 63.2 Å². The maximum Gasteiger partial charge on any atom is 0.416 e. The number of rotatable bonds is 4. The maximum absolute atomic E-state index is 13.5. The molecule has 3 aromatic rings. The molecule has 0 amide bonds. The first kappa shape index (κ1) is 27.1. The molecule has 1 aromatic carbocycles. The maximum atomic E-state index is 13.5. The van der Waals surface area contributed by atoms with Crippen LogP contribution >= 0.6 is 0 Å². The van der Waals surface area contributed by atoms with Gasteiger partial charge in [0.15, 0.2) is 5.82 Å². The fourth-order valence-corrected chi connectivity index (χ4v) is 6.27. The first-order chi connectivity index (χ1) is 18.7. The van der Waals surface area contributed by atoms with Crippen LogP contribution in [0.4, 0.5) is 19.0 Å². The van der Waals surface area contributed by atoms with E-state index in [1.807, 2.05) is 0 Å². The largest absolute Gasteiger partial charge is 0.416 e. The van der Waals surface area contributed by atoms with Gasteiger partial charge >= 0.3 is 11.9 Å². The van der Waals surface area contributed by atoms with E-state index in [-0.39, 0.29) is 29.5 Å². The van der Waals surface area contributed by atoms with Crippen LogP contribution in [0.3, 0.4) is 0 Å². The van der Waals surface area contributed by atoms with Gasteiger partial charge in [0.1, 0.15) is 17.3 Å². The van der Waals surface area contributed by atoms with Gasteiger partial charge < -0.3 is 4.90 Å². The smallest absolute Gasteiger partial charge is 0.349 e. The molecule has 0 radical (unpaired) electrons. The van der Waals surface area contributed by atoms with E-state index in [2.05, 4.69) is 39.7 Å². The second-order valence-electron chi connectivity index (χ2n) is 10.6. The Kier molecular flexibility index (Phi) is 7.38. The number of halogens is 3. The van der Waals surface area contributed by atoms with E-state index in [1.165, 1.54) is 16.7 Å². The molecule has 7 nitrogen and oxygen atoms in total. The van der Waals surface area contributed by atoms with Crippen molar-refractivity contribution in [1.29, 1.82) is 5.26 Å². The molecule has 2 aliphatic rings. The molecule has 0 spiro atoms. The van der Waals surface area contributed by atoms with Crippen LogP contribution in [0.2, 0.25) is 0 Å². The minimum Gasteiger partial charge on any atom is -0.349 e. The molecule has 39 heavy (non-hydrogen) atoms. The quantitative estimate of drug-likeness (QED) is 0.416. The minimum atomic E-state index is -4.36. The van der Waals surface area contributed by atoms with E-state index in [0.717, 1.165) is 43.2 Å². The van der Waals surface area contributed by atoms with Gasteiger partial charge in [-0.1, -0.05) is 26.3 Å². The highest BCUT2D eigenvalue weighted by Gasteiger charge is 2.39. The van der Waals surface area contributed by atoms with Gasteiger partial charge in [0.05, 0.1) is 11.1 Å². The summed E-state index contributed by atoms with van der Waals surface area (Å²) in [6.45, 7) is 5.51. The summed E-state index contributed by atoms with van der Waals surface area (Å²) in [5.74, 6) is 0.492. The summed E-state index contributed by atoms with van der Waals surface area (Å²) in [7, 11) is 1.65. The van der Waals surface area contributed by atoms with Crippen LogP contribution in [0.1, 0.15) is 74.4 Å². The fraction of sp³-hybridized carbons (Fsp3) is 0.517. The summed E-state index contributed by atoms with van der Waals surface area (Å²) in [5.41, 5.74) is 2.23. The molecule has 2 aromatic heterocycles. The lowest BCUT2D eigenvalue weighted by molar-refractivity contribution is -0.137. The van der Waals surface area contributed by atoms with Crippen molar-refractivity contribution in [3.8, 4) is 6.07 Å². The van der Waals surface area contributed by atoms with Crippen LogP contribution in [0.15, 0.2) is 35.1 Å². The number of hydrogen-bond donors (Lipinski definition) is 0. The number of alkyl halides is 3. The van der Waals surface area contributed by atoms with Crippen molar-refractivity contribution in [2.45, 2.75) is 76.7 Å². The Hall–Kier alpha value is -3.45. The Balaban J connectivity index is 1.55. The zero-order chi connectivity index (χ0) is 27.9. The van der Waals surface area contributed by atoms with E-state index in [4.69, 9.17) is 0 Å². The van der Waals surface area contributed by atoms with Crippen molar-refractivity contribution in [1.82, 2.24) is 19.4 Å². The monoisotopic (exact) mass is 538 g/mol. The van der Waals surface area contributed by atoms with Crippen LogP contribution in [0.5, 0.6) is 0 Å². The Morgan fingerprint density at radius 2 is 1.82 bits per heavy atom. The predicted octanol–water partition coefficient (Wildman–Crippen LogP) is 5.37. The highest BCUT2D eigenvalue weighted by molar-refractivity contribution is 5.86. The van der Waals surface area contributed by atoms with Crippen LogP contribution in [-0.2, 0) is 19.6 Å². The highest BCUT2D eigenvalue weighted by Crippen LogP contribution is 2.40. The third-order valence-electron chi connectivity index (χ3n) is 8.41. The lowest BCUT2D eigenvalue weighted by Crippen LogP contribution is -2.59. The molecule has 3 atom stereocenters. The minimum absolute atomic E-state index is 0.0179. The highest BCUT2D eigenvalue weighted by atomic mass is 19.4. The van der Waals surface area contributed by atoms with Gasteiger partial charge in [-0.15, -0.1) is 0 Å². The Bertz CT molecular complexity index is 1480. The normalized spacial score (nSPS) is 22.4. The van der Waals surface area contributed by atoms with Crippen LogP contribution in [0, 0.1) is 11.3 Å². The third-order valence-corrected chi connectivity index (χ3v) is 8.41. The number of aromatic nitrogens is 3. The number of aryl methyl sites for hydroxylation is 2. The molecule has 1 aliphatic carbocycles. The van der Waals surface area contributed by atoms with Crippen molar-refractivity contribution in [3.63, 3.8) is 0 Å². The summed E-state index contributed by atoms with van der Waals surface area (Å²) in [5, 5.41) is 9.46. The molecular weight excluding hydrogens is 505 g/mol. The molecule has 3 heterocycles. The molecule has 10 heteroatoms. The Morgan fingerprint density at radius 3 is 2.51 bits per heavy atom. The van der Waals surface area contributed by atoms with Crippen LogP contribution in [0.25, 0.3) is 11.0 Å². The van der Waals surface area contributed by atoms with E-state index in [9.17, 15) is 23.2 Å². The summed E-state index contributed by atoms with van der Waals surface area (Å²) in [6.07, 6.45) is 0.634. The van der Waals surface area contributed by atoms with E-state index < -0.39 is 11.7 Å².